The Morgan fingerprint density at radius 1 is 1.38 bits per heavy atom. The molecule has 0 spiro atoms. The zero-order valence-electron chi connectivity index (χ0n) is 10.4. The molecule has 1 heterocycles. The molecule has 1 aromatic rings. The monoisotopic (exact) mass is 241 g/mol. The molecule has 0 bridgehead atoms. The van der Waals surface area contributed by atoms with Gasteiger partial charge < -0.3 is 10.4 Å². The average Bonchev–Trinajstić information content (AvgIpc) is 2.67. The molecule has 1 aromatic heterocycles. The summed E-state index contributed by atoms with van der Waals surface area (Å²) in [5.74, 6) is 0.686. The molecule has 0 aromatic carbocycles. The van der Waals surface area contributed by atoms with Crippen LogP contribution in [-0.4, -0.2) is 17.8 Å². The van der Waals surface area contributed by atoms with Crippen molar-refractivity contribution >= 4 is 11.3 Å². The van der Waals surface area contributed by atoms with Crippen LogP contribution in [0.3, 0.4) is 0 Å². The summed E-state index contributed by atoms with van der Waals surface area (Å²) in [7, 11) is 0. The number of hydrogen-bond donors (Lipinski definition) is 2. The average molecular weight is 241 g/mol. The Morgan fingerprint density at radius 2 is 2.12 bits per heavy atom. The van der Waals surface area contributed by atoms with E-state index in [2.05, 4.69) is 36.7 Å². The van der Waals surface area contributed by atoms with E-state index in [-0.39, 0.29) is 6.10 Å². The lowest BCUT2D eigenvalue weighted by atomic mass is 10.0. The van der Waals surface area contributed by atoms with Crippen molar-refractivity contribution in [3.05, 3.63) is 22.4 Å². The van der Waals surface area contributed by atoms with Crippen LogP contribution in [0.5, 0.6) is 0 Å². The Balaban J connectivity index is 2.45. The maximum absolute atomic E-state index is 9.24. The lowest BCUT2D eigenvalue weighted by Crippen LogP contribution is -2.25. The number of hydrogen-bond acceptors (Lipinski definition) is 3. The van der Waals surface area contributed by atoms with Gasteiger partial charge in [0.05, 0.1) is 6.10 Å². The van der Waals surface area contributed by atoms with Crippen molar-refractivity contribution in [3.63, 3.8) is 0 Å². The van der Waals surface area contributed by atoms with Gasteiger partial charge in [-0.15, -0.1) is 11.3 Å². The van der Waals surface area contributed by atoms with Gasteiger partial charge in [0.25, 0.3) is 0 Å². The Hall–Kier alpha value is -0.380. The number of rotatable bonds is 7. The van der Waals surface area contributed by atoms with E-state index in [1.54, 1.807) is 11.3 Å². The van der Waals surface area contributed by atoms with Gasteiger partial charge >= 0.3 is 0 Å². The first kappa shape index (κ1) is 13.7. The minimum atomic E-state index is -0.212. The fourth-order valence-electron chi connectivity index (χ4n) is 1.73. The van der Waals surface area contributed by atoms with E-state index >= 15 is 0 Å². The second-order valence-corrected chi connectivity index (χ2v) is 5.77. The SMILES string of the molecule is CC(C)CC(NCCC(C)O)c1cccs1. The van der Waals surface area contributed by atoms with Crippen molar-refractivity contribution in [2.75, 3.05) is 6.54 Å². The maximum atomic E-state index is 9.24. The molecule has 2 unspecified atom stereocenters. The van der Waals surface area contributed by atoms with Crippen molar-refractivity contribution in [2.24, 2.45) is 5.92 Å². The molecule has 2 nitrogen and oxygen atoms in total. The molecule has 16 heavy (non-hydrogen) atoms. The number of aliphatic hydroxyl groups excluding tert-OH is 1. The van der Waals surface area contributed by atoms with Crippen LogP contribution in [0, 0.1) is 5.92 Å². The zero-order chi connectivity index (χ0) is 12.0. The van der Waals surface area contributed by atoms with Gasteiger partial charge in [0.1, 0.15) is 0 Å². The third-order valence-electron chi connectivity index (χ3n) is 2.55. The fraction of sp³-hybridized carbons (Fsp3) is 0.692. The summed E-state index contributed by atoms with van der Waals surface area (Å²) in [5, 5.41) is 14.9. The molecule has 0 radical (unpaired) electrons. The molecule has 0 fully saturated rings. The van der Waals surface area contributed by atoms with E-state index in [0.717, 1.165) is 19.4 Å². The Kier molecular flexibility index (Phi) is 6.03. The Labute approximate surface area is 103 Å². The van der Waals surface area contributed by atoms with Crippen molar-refractivity contribution in [3.8, 4) is 0 Å². The number of thiophene rings is 1. The smallest absolute Gasteiger partial charge is 0.0524 e. The predicted molar refractivity (Wildman–Crippen MR) is 70.8 cm³/mol. The minimum absolute atomic E-state index is 0.212. The van der Waals surface area contributed by atoms with Crippen molar-refractivity contribution < 1.29 is 5.11 Å². The summed E-state index contributed by atoms with van der Waals surface area (Å²) in [4.78, 5) is 1.40. The second kappa shape index (κ2) is 7.05. The second-order valence-electron chi connectivity index (χ2n) is 4.79. The molecule has 0 saturated heterocycles. The van der Waals surface area contributed by atoms with Crippen LogP contribution in [0.15, 0.2) is 17.5 Å². The van der Waals surface area contributed by atoms with Gasteiger partial charge in [-0.1, -0.05) is 19.9 Å². The molecule has 2 atom stereocenters. The summed E-state index contributed by atoms with van der Waals surface area (Å²) in [6, 6.07) is 4.73. The van der Waals surface area contributed by atoms with Crippen LogP contribution in [0.1, 0.15) is 44.5 Å². The van der Waals surface area contributed by atoms with Gasteiger partial charge in [0.15, 0.2) is 0 Å². The largest absolute Gasteiger partial charge is 0.393 e. The van der Waals surface area contributed by atoms with Crippen molar-refractivity contribution in [1.82, 2.24) is 5.32 Å². The third kappa shape index (κ3) is 5.10. The quantitative estimate of drug-likeness (QED) is 0.768. The summed E-state index contributed by atoms with van der Waals surface area (Å²) in [6.45, 7) is 7.21. The number of nitrogens with one attached hydrogen (secondary N) is 1. The van der Waals surface area contributed by atoms with E-state index in [1.165, 1.54) is 4.88 Å². The van der Waals surface area contributed by atoms with E-state index in [1.807, 2.05) is 6.92 Å². The number of aliphatic hydroxyl groups is 1. The summed E-state index contributed by atoms with van der Waals surface area (Å²) >= 11 is 1.81. The highest BCUT2D eigenvalue weighted by Crippen LogP contribution is 2.25. The van der Waals surface area contributed by atoms with Gasteiger partial charge in [-0.3, -0.25) is 0 Å². The molecule has 0 amide bonds. The van der Waals surface area contributed by atoms with Crippen LogP contribution in [0.4, 0.5) is 0 Å². The van der Waals surface area contributed by atoms with Gasteiger partial charge in [0.2, 0.25) is 0 Å². The van der Waals surface area contributed by atoms with Crippen LogP contribution >= 0.6 is 11.3 Å². The molecule has 1 rings (SSSR count). The van der Waals surface area contributed by atoms with E-state index in [4.69, 9.17) is 0 Å². The lowest BCUT2D eigenvalue weighted by Gasteiger charge is -2.20. The van der Waals surface area contributed by atoms with Gasteiger partial charge in [-0.2, -0.15) is 0 Å². The topological polar surface area (TPSA) is 32.3 Å². The highest BCUT2D eigenvalue weighted by atomic mass is 32.1. The third-order valence-corrected chi connectivity index (χ3v) is 3.53. The van der Waals surface area contributed by atoms with Gasteiger partial charge in [0, 0.05) is 10.9 Å². The first-order valence-electron chi connectivity index (χ1n) is 6.04. The normalized spacial score (nSPS) is 15.3. The Morgan fingerprint density at radius 3 is 2.62 bits per heavy atom. The standard InChI is InChI=1S/C13H23NOS/c1-10(2)9-12(13-5-4-8-16-13)14-7-6-11(3)15/h4-5,8,10-12,14-15H,6-7,9H2,1-3H3. The summed E-state index contributed by atoms with van der Waals surface area (Å²) < 4.78 is 0. The molecule has 2 N–H and O–H groups in total. The fourth-order valence-corrected chi connectivity index (χ4v) is 2.54. The summed E-state index contributed by atoms with van der Waals surface area (Å²) in [6.07, 6.45) is 1.76. The molecule has 0 aliphatic rings. The van der Waals surface area contributed by atoms with Gasteiger partial charge in [-0.05, 0) is 43.7 Å². The first-order chi connectivity index (χ1) is 7.59. The molecule has 92 valence electrons. The van der Waals surface area contributed by atoms with Crippen LogP contribution in [-0.2, 0) is 0 Å². The highest BCUT2D eigenvalue weighted by Gasteiger charge is 2.13. The van der Waals surface area contributed by atoms with E-state index in [9.17, 15) is 5.11 Å². The first-order valence-corrected chi connectivity index (χ1v) is 6.92. The molecule has 0 saturated carbocycles. The highest BCUT2D eigenvalue weighted by molar-refractivity contribution is 7.10. The Bertz CT molecular complexity index is 269. The van der Waals surface area contributed by atoms with Gasteiger partial charge in [-0.25, -0.2) is 0 Å². The molecule has 0 aliphatic carbocycles. The minimum Gasteiger partial charge on any atom is -0.393 e. The molecule has 0 aliphatic heterocycles. The molecular formula is C13H23NOS. The van der Waals surface area contributed by atoms with Crippen LogP contribution in [0.2, 0.25) is 0 Å². The van der Waals surface area contributed by atoms with Crippen molar-refractivity contribution in [2.45, 2.75) is 45.8 Å². The van der Waals surface area contributed by atoms with Crippen LogP contribution < -0.4 is 5.32 Å². The van der Waals surface area contributed by atoms with Crippen molar-refractivity contribution in [1.29, 1.82) is 0 Å². The van der Waals surface area contributed by atoms with Crippen LogP contribution in [0.25, 0.3) is 0 Å². The lowest BCUT2D eigenvalue weighted by molar-refractivity contribution is 0.181. The zero-order valence-corrected chi connectivity index (χ0v) is 11.3. The molecule has 3 heteroatoms. The van der Waals surface area contributed by atoms with E-state index < -0.39 is 0 Å². The van der Waals surface area contributed by atoms with E-state index in [0.29, 0.717) is 12.0 Å². The molecular weight excluding hydrogens is 218 g/mol. The predicted octanol–water partition coefficient (Wildman–Crippen LogP) is 3.20. The summed E-state index contributed by atoms with van der Waals surface area (Å²) in [5.41, 5.74) is 0. The maximum Gasteiger partial charge on any atom is 0.0524 e.